The van der Waals surface area contributed by atoms with Crippen LogP contribution < -0.4 is 4.90 Å². The average Bonchev–Trinajstić information content (AvgIpc) is 3.60. The Morgan fingerprint density at radius 2 is 1.88 bits per heavy atom. The van der Waals surface area contributed by atoms with Gasteiger partial charge in [0.25, 0.3) is 0 Å². The van der Waals surface area contributed by atoms with Crippen molar-refractivity contribution in [1.29, 1.82) is 0 Å². The third kappa shape index (κ3) is 3.50. The standard InChI is InChI=1S/C25H26N6O2/c1-15-7-9-20(11-16(15)2)30-14-18(13-23(30)32)25-26-24(28-33-25)17-8-10-22-21(12-17)27-29-31(22)19-5-3-4-6-19/h7-12,18-19H,3-6,13-14H2,1-2H3/t18-/m0/s1. The number of rotatable bonds is 4. The molecule has 1 aliphatic heterocycles. The SMILES string of the molecule is Cc1ccc(N2C[C@@H](c3nc(-c4ccc5c(c4)nnn5C4CCCC4)no3)CC2=O)cc1C. The fourth-order valence-corrected chi connectivity index (χ4v) is 5.03. The summed E-state index contributed by atoms with van der Waals surface area (Å²) in [4.78, 5) is 19.2. The van der Waals surface area contributed by atoms with Crippen molar-refractivity contribution in [3.05, 3.63) is 53.4 Å². The van der Waals surface area contributed by atoms with Crippen LogP contribution in [0, 0.1) is 13.8 Å². The molecule has 4 aromatic rings. The number of carbonyl (C=O) groups excluding carboxylic acids is 1. The van der Waals surface area contributed by atoms with Gasteiger partial charge in [0, 0.05) is 24.2 Å². The van der Waals surface area contributed by atoms with Gasteiger partial charge in [-0.2, -0.15) is 4.98 Å². The van der Waals surface area contributed by atoms with Crippen molar-refractivity contribution in [2.45, 2.75) is 57.9 Å². The van der Waals surface area contributed by atoms with Crippen molar-refractivity contribution in [3.63, 3.8) is 0 Å². The van der Waals surface area contributed by atoms with Gasteiger partial charge in [0.1, 0.15) is 5.52 Å². The number of carbonyl (C=O) groups is 1. The Labute approximate surface area is 191 Å². The lowest BCUT2D eigenvalue weighted by Gasteiger charge is -2.17. The van der Waals surface area contributed by atoms with Gasteiger partial charge in [-0.25, -0.2) is 4.68 Å². The molecule has 6 rings (SSSR count). The molecule has 1 saturated heterocycles. The fraction of sp³-hybridized carbons (Fsp3) is 0.400. The van der Waals surface area contributed by atoms with Crippen LogP contribution in [-0.2, 0) is 4.79 Å². The Kier molecular flexibility index (Phi) is 4.74. The van der Waals surface area contributed by atoms with Crippen LogP contribution >= 0.6 is 0 Å². The molecule has 0 bridgehead atoms. The summed E-state index contributed by atoms with van der Waals surface area (Å²) in [5.74, 6) is 0.971. The highest BCUT2D eigenvalue weighted by molar-refractivity contribution is 5.96. The molecule has 3 heterocycles. The van der Waals surface area contributed by atoms with Gasteiger partial charge in [0.05, 0.1) is 17.5 Å². The minimum Gasteiger partial charge on any atom is -0.339 e. The van der Waals surface area contributed by atoms with Crippen molar-refractivity contribution in [2.75, 3.05) is 11.4 Å². The quantitative estimate of drug-likeness (QED) is 0.454. The number of nitrogens with zero attached hydrogens (tertiary/aromatic N) is 6. The predicted molar refractivity (Wildman–Crippen MR) is 124 cm³/mol. The van der Waals surface area contributed by atoms with Gasteiger partial charge in [-0.3, -0.25) is 4.79 Å². The summed E-state index contributed by atoms with van der Waals surface area (Å²) in [5.41, 5.74) is 6.02. The maximum absolute atomic E-state index is 12.7. The normalized spacial score (nSPS) is 19.3. The first kappa shape index (κ1) is 20.1. The molecule has 1 amide bonds. The highest BCUT2D eigenvalue weighted by Crippen LogP contribution is 2.34. The lowest BCUT2D eigenvalue weighted by atomic mass is 10.1. The van der Waals surface area contributed by atoms with Crippen LogP contribution in [0.3, 0.4) is 0 Å². The summed E-state index contributed by atoms with van der Waals surface area (Å²) >= 11 is 0. The monoisotopic (exact) mass is 442 g/mol. The van der Waals surface area contributed by atoms with Crippen molar-refractivity contribution < 1.29 is 9.32 Å². The number of anilines is 1. The summed E-state index contributed by atoms with van der Waals surface area (Å²) < 4.78 is 7.65. The molecule has 2 aromatic carbocycles. The largest absolute Gasteiger partial charge is 0.339 e. The van der Waals surface area contributed by atoms with Crippen LogP contribution in [0.4, 0.5) is 5.69 Å². The molecule has 2 fully saturated rings. The highest BCUT2D eigenvalue weighted by Gasteiger charge is 2.35. The Balaban J connectivity index is 1.23. The third-order valence-corrected chi connectivity index (χ3v) is 7.12. The van der Waals surface area contributed by atoms with Crippen LogP contribution in [0.1, 0.15) is 61.1 Å². The summed E-state index contributed by atoms with van der Waals surface area (Å²) in [7, 11) is 0. The van der Waals surface area contributed by atoms with E-state index in [0.717, 1.165) is 35.1 Å². The van der Waals surface area contributed by atoms with E-state index in [1.165, 1.54) is 24.0 Å². The maximum atomic E-state index is 12.7. The smallest absolute Gasteiger partial charge is 0.232 e. The molecule has 1 saturated carbocycles. The van der Waals surface area contributed by atoms with Gasteiger partial charge >= 0.3 is 0 Å². The van der Waals surface area contributed by atoms with E-state index in [1.807, 2.05) is 29.2 Å². The molecule has 1 atom stereocenters. The highest BCUT2D eigenvalue weighted by atomic mass is 16.5. The van der Waals surface area contributed by atoms with Crippen molar-refractivity contribution in [2.24, 2.45) is 0 Å². The van der Waals surface area contributed by atoms with Crippen LogP contribution in [0.25, 0.3) is 22.4 Å². The second-order valence-corrected chi connectivity index (χ2v) is 9.31. The Bertz CT molecular complexity index is 1350. The lowest BCUT2D eigenvalue weighted by Crippen LogP contribution is -2.24. The Hall–Kier alpha value is -3.55. The molecular weight excluding hydrogens is 416 g/mol. The topological polar surface area (TPSA) is 89.9 Å². The molecule has 0 unspecified atom stereocenters. The molecular formula is C25H26N6O2. The average molecular weight is 443 g/mol. The van der Waals surface area contributed by atoms with E-state index < -0.39 is 0 Å². The second-order valence-electron chi connectivity index (χ2n) is 9.31. The molecule has 168 valence electrons. The van der Waals surface area contributed by atoms with Crippen molar-refractivity contribution >= 4 is 22.6 Å². The van der Waals surface area contributed by atoms with Crippen molar-refractivity contribution in [1.82, 2.24) is 25.1 Å². The van der Waals surface area contributed by atoms with Gasteiger partial charge in [-0.1, -0.05) is 29.3 Å². The predicted octanol–water partition coefficient (Wildman–Crippen LogP) is 4.73. The molecule has 1 aliphatic carbocycles. The van der Waals surface area contributed by atoms with Gasteiger partial charge in [0.2, 0.25) is 17.6 Å². The Morgan fingerprint density at radius 3 is 2.70 bits per heavy atom. The van der Waals surface area contributed by atoms with E-state index in [4.69, 9.17) is 4.52 Å². The number of aryl methyl sites for hydroxylation is 2. The zero-order chi connectivity index (χ0) is 22.5. The number of amides is 1. The summed E-state index contributed by atoms with van der Waals surface area (Å²) in [6.45, 7) is 4.67. The minimum absolute atomic E-state index is 0.0768. The second kappa shape index (κ2) is 7.79. The summed E-state index contributed by atoms with van der Waals surface area (Å²) in [6, 6.07) is 12.5. The van der Waals surface area contributed by atoms with E-state index in [-0.39, 0.29) is 11.8 Å². The third-order valence-electron chi connectivity index (χ3n) is 7.12. The molecule has 0 N–H and O–H groups in total. The number of aromatic nitrogens is 5. The zero-order valence-electron chi connectivity index (χ0n) is 18.9. The van der Waals surface area contributed by atoms with Crippen molar-refractivity contribution in [3.8, 4) is 11.4 Å². The number of benzene rings is 2. The van der Waals surface area contributed by atoms with Gasteiger partial charge in [-0.05, 0) is 68.1 Å². The van der Waals surface area contributed by atoms with Gasteiger partial charge < -0.3 is 9.42 Å². The summed E-state index contributed by atoms with van der Waals surface area (Å²) in [6.07, 6.45) is 5.19. The molecule has 0 spiro atoms. The molecule has 2 aliphatic rings. The van der Waals surface area contributed by atoms with Crippen LogP contribution in [0.5, 0.6) is 0 Å². The fourth-order valence-electron chi connectivity index (χ4n) is 5.03. The molecule has 8 nitrogen and oxygen atoms in total. The molecule has 8 heteroatoms. The molecule has 0 radical (unpaired) electrons. The number of fused-ring (bicyclic) bond motifs is 1. The zero-order valence-corrected chi connectivity index (χ0v) is 18.9. The summed E-state index contributed by atoms with van der Waals surface area (Å²) in [5, 5.41) is 13.0. The first-order valence-corrected chi connectivity index (χ1v) is 11.6. The van der Waals surface area contributed by atoms with E-state index in [9.17, 15) is 4.79 Å². The first-order chi connectivity index (χ1) is 16.1. The van der Waals surface area contributed by atoms with E-state index >= 15 is 0 Å². The van der Waals surface area contributed by atoms with Gasteiger partial charge in [-0.15, -0.1) is 5.10 Å². The van der Waals surface area contributed by atoms with Crippen LogP contribution in [0.2, 0.25) is 0 Å². The maximum Gasteiger partial charge on any atom is 0.232 e. The molecule has 33 heavy (non-hydrogen) atoms. The molecule has 2 aromatic heterocycles. The number of hydrogen-bond acceptors (Lipinski definition) is 6. The number of hydrogen-bond donors (Lipinski definition) is 0. The van der Waals surface area contributed by atoms with E-state index in [1.54, 1.807) is 0 Å². The Morgan fingerprint density at radius 1 is 1.03 bits per heavy atom. The van der Waals surface area contributed by atoms with E-state index in [0.29, 0.717) is 30.7 Å². The van der Waals surface area contributed by atoms with Crippen LogP contribution in [0.15, 0.2) is 40.9 Å². The minimum atomic E-state index is -0.118. The van der Waals surface area contributed by atoms with Gasteiger partial charge in [0.15, 0.2) is 0 Å². The first-order valence-electron chi connectivity index (χ1n) is 11.6. The lowest BCUT2D eigenvalue weighted by molar-refractivity contribution is -0.117. The van der Waals surface area contributed by atoms with Crippen LogP contribution in [-0.4, -0.2) is 37.6 Å². The van der Waals surface area contributed by atoms with E-state index in [2.05, 4.69) is 51.1 Å².